The van der Waals surface area contributed by atoms with Crippen LogP contribution in [0.15, 0.2) is 29.1 Å². The van der Waals surface area contributed by atoms with Crippen molar-refractivity contribution >= 4 is 23.1 Å². The van der Waals surface area contributed by atoms with Gasteiger partial charge in [-0.1, -0.05) is 12.1 Å². The molecule has 2 rings (SSSR count). The maximum atomic E-state index is 12.2. The first-order valence-electron chi connectivity index (χ1n) is 5.45. The number of nitrogens with one attached hydrogen (secondary N) is 1. The second-order valence-corrected chi connectivity index (χ2v) is 4.17. The molecule has 90 valence electrons. The van der Waals surface area contributed by atoms with Crippen molar-refractivity contribution in [2.45, 2.75) is 13.0 Å². The van der Waals surface area contributed by atoms with Gasteiger partial charge in [0.2, 0.25) is 0 Å². The molecule has 0 bridgehead atoms. The molecule has 4 nitrogen and oxygen atoms in total. The van der Waals surface area contributed by atoms with E-state index in [4.69, 9.17) is 17.0 Å². The highest BCUT2D eigenvalue weighted by molar-refractivity contribution is 7.71. The van der Waals surface area contributed by atoms with Crippen LogP contribution < -0.4 is 5.56 Å². The standard InChI is InChI=1S/C12H14N2O2S/c1-16-8-4-7-14-11(15)9-5-2-3-6-10(9)13-12(14)17/h2-3,5-6H,4,7-8H2,1H3,(H,13,17). The molecule has 0 atom stereocenters. The SMILES string of the molecule is COCCCn1c(=S)[nH]c2ccccc2c1=O. The first-order chi connectivity index (χ1) is 8.24. The molecule has 0 amide bonds. The molecule has 1 aromatic heterocycles. The Balaban J connectivity index is 2.49. The fraction of sp³-hybridized carbons (Fsp3) is 0.333. The van der Waals surface area contributed by atoms with E-state index in [1.807, 2.05) is 18.2 Å². The summed E-state index contributed by atoms with van der Waals surface area (Å²) < 4.78 is 7.01. The number of benzene rings is 1. The second kappa shape index (κ2) is 5.25. The van der Waals surface area contributed by atoms with E-state index in [-0.39, 0.29) is 5.56 Å². The van der Waals surface area contributed by atoms with Crippen LogP contribution >= 0.6 is 12.2 Å². The Labute approximate surface area is 104 Å². The number of nitrogens with zero attached hydrogens (tertiary/aromatic N) is 1. The predicted octanol–water partition coefficient (Wildman–Crippen LogP) is 2.10. The average molecular weight is 250 g/mol. The Morgan fingerprint density at radius 3 is 2.94 bits per heavy atom. The lowest BCUT2D eigenvalue weighted by atomic mass is 10.2. The van der Waals surface area contributed by atoms with Gasteiger partial charge in [0.1, 0.15) is 0 Å². The van der Waals surface area contributed by atoms with E-state index in [1.165, 1.54) is 0 Å². The van der Waals surface area contributed by atoms with Crippen molar-refractivity contribution in [2.75, 3.05) is 13.7 Å². The van der Waals surface area contributed by atoms with Crippen molar-refractivity contribution in [3.05, 3.63) is 39.4 Å². The number of methoxy groups -OCH3 is 1. The zero-order valence-corrected chi connectivity index (χ0v) is 10.4. The number of aromatic amines is 1. The number of aromatic nitrogens is 2. The summed E-state index contributed by atoms with van der Waals surface area (Å²) in [7, 11) is 1.64. The van der Waals surface area contributed by atoms with Gasteiger partial charge in [-0.3, -0.25) is 9.36 Å². The molecule has 17 heavy (non-hydrogen) atoms. The van der Waals surface area contributed by atoms with Gasteiger partial charge in [0.25, 0.3) is 5.56 Å². The van der Waals surface area contributed by atoms with E-state index in [9.17, 15) is 4.79 Å². The van der Waals surface area contributed by atoms with E-state index in [1.54, 1.807) is 17.7 Å². The molecule has 2 aromatic rings. The number of para-hydroxylation sites is 1. The number of hydrogen-bond acceptors (Lipinski definition) is 3. The van der Waals surface area contributed by atoms with Crippen molar-refractivity contribution in [1.82, 2.24) is 9.55 Å². The van der Waals surface area contributed by atoms with E-state index >= 15 is 0 Å². The van der Waals surface area contributed by atoms with Crippen LogP contribution in [0, 0.1) is 4.77 Å². The quantitative estimate of drug-likeness (QED) is 0.667. The lowest BCUT2D eigenvalue weighted by molar-refractivity contribution is 0.189. The van der Waals surface area contributed by atoms with Crippen molar-refractivity contribution in [1.29, 1.82) is 0 Å². The van der Waals surface area contributed by atoms with E-state index in [0.717, 1.165) is 11.9 Å². The Hall–Kier alpha value is -1.46. The van der Waals surface area contributed by atoms with Crippen LogP contribution in [0.3, 0.4) is 0 Å². The zero-order valence-electron chi connectivity index (χ0n) is 9.60. The van der Waals surface area contributed by atoms with Gasteiger partial charge in [-0.05, 0) is 30.8 Å². The van der Waals surface area contributed by atoms with E-state index in [2.05, 4.69) is 4.98 Å². The van der Waals surface area contributed by atoms with Crippen LogP contribution in [0.25, 0.3) is 10.9 Å². The molecule has 0 saturated heterocycles. The monoisotopic (exact) mass is 250 g/mol. The van der Waals surface area contributed by atoms with Crippen LogP contribution in [0.4, 0.5) is 0 Å². The summed E-state index contributed by atoms with van der Waals surface area (Å²) in [5.41, 5.74) is 0.742. The van der Waals surface area contributed by atoms with Gasteiger partial charge in [0, 0.05) is 20.3 Å². The summed E-state index contributed by atoms with van der Waals surface area (Å²) in [6.07, 6.45) is 0.770. The molecular formula is C12H14N2O2S. The number of H-pyrrole nitrogens is 1. The highest BCUT2D eigenvalue weighted by Gasteiger charge is 2.04. The largest absolute Gasteiger partial charge is 0.385 e. The lowest BCUT2D eigenvalue weighted by Crippen LogP contribution is -2.22. The first-order valence-corrected chi connectivity index (χ1v) is 5.85. The van der Waals surface area contributed by atoms with Crippen LogP contribution in [-0.2, 0) is 11.3 Å². The van der Waals surface area contributed by atoms with Crippen LogP contribution in [0.1, 0.15) is 6.42 Å². The molecule has 0 fully saturated rings. The van der Waals surface area contributed by atoms with Crippen LogP contribution in [-0.4, -0.2) is 23.3 Å². The third-order valence-electron chi connectivity index (χ3n) is 2.62. The molecular weight excluding hydrogens is 236 g/mol. The Kier molecular flexibility index (Phi) is 3.71. The molecule has 0 aliphatic carbocycles. The number of fused-ring (bicyclic) bond motifs is 1. The molecule has 0 saturated carbocycles. The number of rotatable bonds is 4. The highest BCUT2D eigenvalue weighted by atomic mass is 32.1. The smallest absolute Gasteiger partial charge is 0.262 e. The van der Waals surface area contributed by atoms with Gasteiger partial charge in [-0.25, -0.2) is 0 Å². The normalized spacial score (nSPS) is 10.9. The fourth-order valence-corrected chi connectivity index (χ4v) is 2.05. The molecule has 0 aliphatic rings. The predicted molar refractivity (Wildman–Crippen MR) is 69.9 cm³/mol. The lowest BCUT2D eigenvalue weighted by Gasteiger charge is -2.07. The maximum absolute atomic E-state index is 12.2. The minimum Gasteiger partial charge on any atom is -0.385 e. The first kappa shape index (κ1) is 12.0. The summed E-state index contributed by atoms with van der Waals surface area (Å²) in [5, 5.41) is 0.665. The van der Waals surface area contributed by atoms with Crippen molar-refractivity contribution in [3.63, 3.8) is 0 Å². The third-order valence-corrected chi connectivity index (χ3v) is 2.94. The molecule has 5 heteroatoms. The van der Waals surface area contributed by atoms with Crippen LogP contribution in [0.2, 0.25) is 0 Å². The molecule has 1 aromatic carbocycles. The topological polar surface area (TPSA) is 47.0 Å². The molecule has 0 spiro atoms. The van der Waals surface area contributed by atoms with Crippen molar-refractivity contribution in [2.24, 2.45) is 0 Å². The summed E-state index contributed by atoms with van der Waals surface area (Å²) in [6.45, 7) is 1.20. The fourth-order valence-electron chi connectivity index (χ4n) is 1.77. The summed E-state index contributed by atoms with van der Waals surface area (Å²) in [5.74, 6) is 0. The molecule has 0 aliphatic heterocycles. The second-order valence-electron chi connectivity index (χ2n) is 3.78. The Bertz CT molecular complexity index is 630. The van der Waals surface area contributed by atoms with Gasteiger partial charge in [0.15, 0.2) is 4.77 Å². The maximum Gasteiger partial charge on any atom is 0.262 e. The number of hydrogen-bond donors (Lipinski definition) is 1. The molecule has 0 radical (unpaired) electrons. The number of ether oxygens (including phenoxy) is 1. The minimum atomic E-state index is -0.0412. The molecule has 0 unspecified atom stereocenters. The van der Waals surface area contributed by atoms with Crippen molar-refractivity contribution in [3.8, 4) is 0 Å². The van der Waals surface area contributed by atoms with Crippen molar-refractivity contribution < 1.29 is 4.74 Å². The summed E-state index contributed by atoms with van der Waals surface area (Å²) in [6, 6.07) is 7.38. The highest BCUT2D eigenvalue weighted by Crippen LogP contribution is 2.06. The Morgan fingerprint density at radius 1 is 1.41 bits per heavy atom. The Morgan fingerprint density at radius 2 is 2.18 bits per heavy atom. The average Bonchev–Trinajstić information content (AvgIpc) is 2.33. The van der Waals surface area contributed by atoms with E-state index < -0.39 is 0 Å². The third kappa shape index (κ3) is 2.45. The van der Waals surface area contributed by atoms with Gasteiger partial charge in [-0.15, -0.1) is 0 Å². The molecule has 1 N–H and O–H groups in total. The van der Waals surface area contributed by atoms with Gasteiger partial charge >= 0.3 is 0 Å². The van der Waals surface area contributed by atoms with Gasteiger partial charge in [0.05, 0.1) is 10.9 Å². The van der Waals surface area contributed by atoms with E-state index in [0.29, 0.717) is 23.3 Å². The minimum absolute atomic E-state index is 0.0412. The van der Waals surface area contributed by atoms with Crippen LogP contribution in [0.5, 0.6) is 0 Å². The van der Waals surface area contributed by atoms with Gasteiger partial charge in [-0.2, -0.15) is 0 Å². The zero-order chi connectivity index (χ0) is 12.3. The summed E-state index contributed by atoms with van der Waals surface area (Å²) >= 11 is 5.18. The summed E-state index contributed by atoms with van der Waals surface area (Å²) in [4.78, 5) is 15.2. The molecule has 1 heterocycles. The van der Waals surface area contributed by atoms with Gasteiger partial charge < -0.3 is 9.72 Å².